The fraction of sp³-hybridized carbons (Fsp3) is 0.174. The van der Waals surface area contributed by atoms with Gasteiger partial charge in [0.2, 0.25) is 0 Å². The maximum atomic E-state index is 4.64. The molecule has 0 radical (unpaired) electrons. The average molecular weight is 397 g/mol. The summed E-state index contributed by atoms with van der Waals surface area (Å²) in [5.41, 5.74) is 6.63. The third kappa shape index (κ3) is 3.57. The van der Waals surface area contributed by atoms with Crippen LogP contribution in [0.5, 0.6) is 0 Å². The van der Waals surface area contributed by atoms with Gasteiger partial charge in [-0.1, -0.05) is 19.9 Å². The monoisotopic (exact) mass is 397 g/mol. The Bertz CT molecular complexity index is 1290. The molecule has 5 aromatic rings. The largest absolute Gasteiger partial charge is 0.275 e. The van der Waals surface area contributed by atoms with Crippen molar-refractivity contribution in [3.8, 4) is 33.6 Å². The third-order valence-corrected chi connectivity index (χ3v) is 4.69. The Balaban J connectivity index is 0.00000106. The Labute approximate surface area is 175 Å². The molecule has 0 N–H and O–H groups in total. The lowest BCUT2D eigenvalue weighted by Crippen LogP contribution is -1.91. The molecule has 4 aromatic heterocycles. The molecule has 0 aliphatic carbocycles. The van der Waals surface area contributed by atoms with Crippen molar-refractivity contribution in [2.75, 3.05) is 0 Å². The lowest BCUT2D eigenvalue weighted by atomic mass is 10.0. The molecule has 7 heteroatoms. The van der Waals surface area contributed by atoms with Crippen LogP contribution in [0, 0.1) is 0 Å². The molecule has 150 valence electrons. The predicted molar refractivity (Wildman–Crippen MR) is 119 cm³/mol. The molecule has 0 saturated carbocycles. The zero-order valence-corrected chi connectivity index (χ0v) is 17.5. The van der Waals surface area contributed by atoms with Gasteiger partial charge in [-0.25, -0.2) is 9.97 Å². The minimum absolute atomic E-state index is 0.854. The van der Waals surface area contributed by atoms with Crippen molar-refractivity contribution < 1.29 is 0 Å². The van der Waals surface area contributed by atoms with Crippen LogP contribution in [0.15, 0.2) is 67.6 Å². The number of nitrogens with zero attached hydrogens (tertiary/aromatic N) is 7. The van der Waals surface area contributed by atoms with Gasteiger partial charge < -0.3 is 0 Å². The highest BCUT2D eigenvalue weighted by atomic mass is 15.3. The van der Waals surface area contributed by atoms with E-state index in [0.717, 1.165) is 44.5 Å². The van der Waals surface area contributed by atoms with Gasteiger partial charge in [-0.05, 0) is 29.8 Å². The van der Waals surface area contributed by atoms with Crippen molar-refractivity contribution in [3.63, 3.8) is 0 Å². The van der Waals surface area contributed by atoms with Gasteiger partial charge >= 0.3 is 0 Å². The van der Waals surface area contributed by atoms with Crippen molar-refractivity contribution >= 4 is 10.9 Å². The number of aryl methyl sites for hydroxylation is 2. The molecule has 30 heavy (non-hydrogen) atoms. The molecule has 0 unspecified atom stereocenters. The van der Waals surface area contributed by atoms with Crippen LogP contribution in [-0.4, -0.2) is 34.5 Å². The number of hydrogen-bond acceptors (Lipinski definition) is 5. The smallest absolute Gasteiger partial charge is 0.116 e. The van der Waals surface area contributed by atoms with E-state index < -0.39 is 0 Å². The summed E-state index contributed by atoms with van der Waals surface area (Å²) in [7, 11) is 3.82. The van der Waals surface area contributed by atoms with E-state index in [9.17, 15) is 0 Å². The zero-order chi connectivity index (χ0) is 21.1. The zero-order valence-electron chi connectivity index (χ0n) is 17.5. The van der Waals surface area contributed by atoms with E-state index in [1.54, 1.807) is 21.9 Å². The molecule has 0 spiro atoms. The van der Waals surface area contributed by atoms with E-state index >= 15 is 0 Å². The third-order valence-electron chi connectivity index (χ3n) is 4.69. The van der Waals surface area contributed by atoms with E-state index in [4.69, 9.17) is 0 Å². The molecule has 0 atom stereocenters. The van der Waals surface area contributed by atoms with Gasteiger partial charge in [0.15, 0.2) is 0 Å². The molecule has 0 fully saturated rings. The quantitative estimate of drug-likeness (QED) is 0.447. The number of benzene rings is 1. The Morgan fingerprint density at radius 1 is 0.800 bits per heavy atom. The Hall–Kier alpha value is -3.87. The van der Waals surface area contributed by atoms with E-state index in [1.165, 1.54) is 0 Å². The highest BCUT2D eigenvalue weighted by Crippen LogP contribution is 2.34. The van der Waals surface area contributed by atoms with Gasteiger partial charge in [-0.3, -0.25) is 14.3 Å². The van der Waals surface area contributed by atoms with Crippen LogP contribution >= 0.6 is 0 Å². The van der Waals surface area contributed by atoms with Crippen molar-refractivity contribution in [1.29, 1.82) is 0 Å². The van der Waals surface area contributed by atoms with Gasteiger partial charge in [-0.2, -0.15) is 10.2 Å². The van der Waals surface area contributed by atoms with Gasteiger partial charge in [-0.15, -0.1) is 0 Å². The van der Waals surface area contributed by atoms with Crippen LogP contribution in [0.25, 0.3) is 44.5 Å². The molecule has 5 rings (SSSR count). The van der Waals surface area contributed by atoms with Gasteiger partial charge in [0, 0.05) is 61.0 Å². The second kappa shape index (κ2) is 8.24. The van der Waals surface area contributed by atoms with Gasteiger partial charge in [0.05, 0.1) is 17.4 Å². The second-order valence-electron chi connectivity index (χ2n) is 6.66. The van der Waals surface area contributed by atoms with Crippen LogP contribution in [0.4, 0.5) is 0 Å². The van der Waals surface area contributed by atoms with Crippen molar-refractivity contribution in [2.24, 2.45) is 14.1 Å². The molecule has 0 aliphatic heterocycles. The minimum atomic E-state index is 0.854. The molecule has 4 heterocycles. The van der Waals surface area contributed by atoms with Crippen LogP contribution in [0.1, 0.15) is 13.8 Å². The standard InChI is InChI=1S/C21H17N7.C2H6/c1-27-11-16(10-25-27)14-5-6-17-19(8-14)23-13-24-21(17)18-12-28(2)26-20(18)15-4-3-7-22-9-15;1-2/h3-13H,1-2H3;1-2H3. The van der Waals surface area contributed by atoms with Crippen LogP contribution < -0.4 is 0 Å². The van der Waals surface area contributed by atoms with E-state index in [-0.39, 0.29) is 0 Å². The molecular formula is C23H23N7. The van der Waals surface area contributed by atoms with Gasteiger partial charge in [0.1, 0.15) is 12.0 Å². The number of pyridine rings is 1. The summed E-state index contributed by atoms with van der Waals surface area (Å²) < 4.78 is 3.59. The summed E-state index contributed by atoms with van der Waals surface area (Å²) in [4.78, 5) is 13.3. The molecule has 0 aliphatic rings. The number of fused-ring (bicyclic) bond motifs is 1. The first-order valence-electron chi connectivity index (χ1n) is 9.87. The summed E-state index contributed by atoms with van der Waals surface area (Å²) in [6.45, 7) is 4.00. The summed E-state index contributed by atoms with van der Waals surface area (Å²) in [6.07, 6.45) is 11.0. The van der Waals surface area contributed by atoms with Gasteiger partial charge in [0.25, 0.3) is 0 Å². The Kier molecular flexibility index (Phi) is 5.34. The van der Waals surface area contributed by atoms with E-state index in [1.807, 2.05) is 64.9 Å². The van der Waals surface area contributed by atoms with E-state index in [0.29, 0.717) is 0 Å². The molecule has 0 amide bonds. The SMILES string of the molecule is CC.Cn1cc(-c2ccc3c(-c4cn(C)nc4-c4cccnc4)ncnc3c2)cn1. The Morgan fingerprint density at radius 3 is 2.40 bits per heavy atom. The summed E-state index contributed by atoms with van der Waals surface area (Å²) in [5, 5.41) is 9.87. The molecular weight excluding hydrogens is 374 g/mol. The first-order valence-corrected chi connectivity index (χ1v) is 9.87. The summed E-state index contributed by atoms with van der Waals surface area (Å²) in [5.74, 6) is 0. The fourth-order valence-electron chi connectivity index (χ4n) is 3.40. The minimum Gasteiger partial charge on any atom is -0.275 e. The molecule has 7 nitrogen and oxygen atoms in total. The topological polar surface area (TPSA) is 74.3 Å². The molecule has 1 aromatic carbocycles. The number of hydrogen-bond donors (Lipinski definition) is 0. The number of aromatic nitrogens is 7. The van der Waals surface area contributed by atoms with Crippen LogP contribution in [0.2, 0.25) is 0 Å². The molecule has 0 bridgehead atoms. The maximum absolute atomic E-state index is 4.64. The number of rotatable bonds is 3. The van der Waals surface area contributed by atoms with Crippen LogP contribution in [0.3, 0.4) is 0 Å². The predicted octanol–water partition coefficient (Wildman–Crippen LogP) is 4.52. The van der Waals surface area contributed by atoms with Crippen molar-refractivity contribution in [3.05, 3.63) is 67.6 Å². The lowest BCUT2D eigenvalue weighted by molar-refractivity contribution is 0.768. The first kappa shape index (κ1) is 19.4. The molecule has 0 saturated heterocycles. The highest BCUT2D eigenvalue weighted by Gasteiger charge is 2.16. The lowest BCUT2D eigenvalue weighted by Gasteiger charge is -2.07. The summed E-state index contributed by atoms with van der Waals surface area (Å²) in [6, 6.07) is 10.1. The fourth-order valence-corrected chi connectivity index (χ4v) is 3.40. The van der Waals surface area contributed by atoms with Crippen molar-refractivity contribution in [2.45, 2.75) is 13.8 Å². The summed E-state index contributed by atoms with van der Waals surface area (Å²) >= 11 is 0. The van der Waals surface area contributed by atoms with E-state index in [2.05, 4.69) is 43.3 Å². The second-order valence-corrected chi connectivity index (χ2v) is 6.66. The van der Waals surface area contributed by atoms with Crippen LogP contribution in [-0.2, 0) is 14.1 Å². The highest BCUT2D eigenvalue weighted by molar-refractivity contribution is 5.97. The van der Waals surface area contributed by atoms with Crippen molar-refractivity contribution in [1.82, 2.24) is 34.5 Å². The normalized spacial score (nSPS) is 10.7. The first-order chi connectivity index (χ1) is 14.7. The average Bonchev–Trinajstić information content (AvgIpc) is 3.40. The maximum Gasteiger partial charge on any atom is 0.116 e. The Morgan fingerprint density at radius 2 is 1.67 bits per heavy atom.